The average molecular weight is 386 g/mol. The molecule has 1 amide bonds. The molecule has 0 spiro atoms. The molecule has 0 aliphatic carbocycles. The number of piperidine rings is 1. The second-order valence-electron chi connectivity index (χ2n) is 6.17. The lowest BCUT2D eigenvalue weighted by Gasteiger charge is -2.27. The molecule has 6 nitrogen and oxygen atoms in total. The molecule has 1 aliphatic heterocycles. The standard InChI is InChI=1S/C18H19N5OS2/c1-12-16(26-18(21-12)13-6-5-9-25-13)17(24)22-14-10-15(20-11-19-14)23-7-3-2-4-8-23/h5-6,9-11H,2-4,7-8H2,1H3,(H,19,20,22,24). The van der Waals surface area contributed by atoms with E-state index in [1.165, 1.54) is 36.9 Å². The third-order valence-corrected chi connectivity index (χ3v) is 6.50. The number of rotatable bonds is 4. The second-order valence-corrected chi connectivity index (χ2v) is 8.12. The summed E-state index contributed by atoms with van der Waals surface area (Å²) in [7, 11) is 0. The minimum Gasteiger partial charge on any atom is -0.356 e. The third kappa shape index (κ3) is 3.61. The van der Waals surface area contributed by atoms with Crippen molar-refractivity contribution in [2.45, 2.75) is 26.2 Å². The zero-order valence-electron chi connectivity index (χ0n) is 14.4. The van der Waals surface area contributed by atoms with Gasteiger partial charge in [-0.1, -0.05) is 6.07 Å². The van der Waals surface area contributed by atoms with Crippen LogP contribution in [0, 0.1) is 6.92 Å². The van der Waals surface area contributed by atoms with Gasteiger partial charge in [0, 0.05) is 19.2 Å². The van der Waals surface area contributed by atoms with Gasteiger partial charge in [-0.15, -0.1) is 22.7 Å². The number of thiophene rings is 1. The molecule has 0 radical (unpaired) electrons. The van der Waals surface area contributed by atoms with E-state index in [2.05, 4.69) is 25.2 Å². The Bertz CT molecular complexity index is 900. The molecule has 1 N–H and O–H groups in total. The van der Waals surface area contributed by atoms with Crippen LogP contribution in [0.1, 0.15) is 34.6 Å². The fourth-order valence-corrected chi connectivity index (χ4v) is 4.76. The van der Waals surface area contributed by atoms with E-state index in [0.717, 1.165) is 34.5 Å². The van der Waals surface area contributed by atoms with Crippen LogP contribution in [0.3, 0.4) is 0 Å². The Labute approximate surface area is 160 Å². The first-order valence-corrected chi connectivity index (χ1v) is 10.3. The van der Waals surface area contributed by atoms with Crippen molar-refractivity contribution < 1.29 is 4.79 Å². The van der Waals surface area contributed by atoms with Gasteiger partial charge in [0.1, 0.15) is 27.8 Å². The van der Waals surface area contributed by atoms with Crippen LogP contribution in [0.5, 0.6) is 0 Å². The number of hydrogen-bond acceptors (Lipinski definition) is 7. The number of carbonyl (C=O) groups excluding carboxylic acids is 1. The average Bonchev–Trinajstić information content (AvgIpc) is 3.32. The monoisotopic (exact) mass is 385 g/mol. The highest BCUT2D eigenvalue weighted by Crippen LogP contribution is 2.31. The minimum atomic E-state index is -0.175. The molecular formula is C18H19N5OS2. The smallest absolute Gasteiger partial charge is 0.268 e. The zero-order valence-corrected chi connectivity index (χ0v) is 16.1. The molecular weight excluding hydrogens is 366 g/mol. The number of aryl methyl sites for hydroxylation is 1. The van der Waals surface area contributed by atoms with Gasteiger partial charge in [0.15, 0.2) is 0 Å². The second kappa shape index (κ2) is 7.51. The predicted molar refractivity (Wildman–Crippen MR) is 106 cm³/mol. The van der Waals surface area contributed by atoms with E-state index in [9.17, 15) is 4.79 Å². The Morgan fingerprint density at radius 3 is 2.85 bits per heavy atom. The van der Waals surface area contributed by atoms with Gasteiger partial charge in [0.05, 0.1) is 10.6 Å². The lowest BCUT2D eigenvalue weighted by atomic mass is 10.1. The van der Waals surface area contributed by atoms with Crippen LogP contribution in [0.15, 0.2) is 29.9 Å². The molecule has 1 fully saturated rings. The van der Waals surface area contributed by atoms with E-state index in [1.54, 1.807) is 11.3 Å². The van der Waals surface area contributed by atoms with E-state index in [1.807, 2.05) is 30.5 Å². The van der Waals surface area contributed by atoms with E-state index in [-0.39, 0.29) is 5.91 Å². The number of anilines is 2. The van der Waals surface area contributed by atoms with Crippen LogP contribution in [0.2, 0.25) is 0 Å². The van der Waals surface area contributed by atoms with Crippen LogP contribution in [0.4, 0.5) is 11.6 Å². The SMILES string of the molecule is Cc1nc(-c2cccs2)sc1C(=O)Nc1cc(N2CCCCC2)ncn1. The third-order valence-electron chi connectivity index (χ3n) is 4.31. The molecule has 134 valence electrons. The molecule has 26 heavy (non-hydrogen) atoms. The van der Waals surface area contributed by atoms with Gasteiger partial charge in [-0.25, -0.2) is 15.0 Å². The van der Waals surface area contributed by atoms with Crippen molar-refractivity contribution in [1.82, 2.24) is 15.0 Å². The number of nitrogens with zero attached hydrogens (tertiary/aromatic N) is 4. The molecule has 0 atom stereocenters. The lowest BCUT2D eigenvalue weighted by molar-refractivity contribution is 0.102. The van der Waals surface area contributed by atoms with Crippen molar-refractivity contribution in [2.75, 3.05) is 23.3 Å². The summed E-state index contributed by atoms with van der Waals surface area (Å²) < 4.78 is 0. The first-order chi connectivity index (χ1) is 12.7. The van der Waals surface area contributed by atoms with E-state index >= 15 is 0 Å². The Balaban J connectivity index is 1.51. The summed E-state index contributed by atoms with van der Waals surface area (Å²) in [6.07, 6.45) is 5.13. The Hall–Kier alpha value is -2.32. The maximum Gasteiger partial charge on any atom is 0.268 e. The molecule has 4 heterocycles. The summed E-state index contributed by atoms with van der Waals surface area (Å²) in [6.45, 7) is 3.87. The summed E-state index contributed by atoms with van der Waals surface area (Å²) in [6, 6.07) is 5.85. The summed E-state index contributed by atoms with van der Waals surface area (Å²) in [4.78, 5) is 29.7. The van der Waals surface area contributed by atoms with Crippen LogP contribution >= 0.6 is 22.7 Å². The van der Waals surface area contributed by atoms with Crippen LogP contribution < -0.4 is 10.2 Å². The topological polar surface area (TPSA) is 71.0 Å². The van der Waals surface area contributed by atoms with Crippen molar-refractivity contribution in [3.8, 4) is 9.88 Å². The number of thiazole rings is 1. The molecule has 3 aromatic rings. The number of nitrogens with one attached hydrogen (secondary N) is 1. The summed E-state index contributed by atoms with van der Waals surface area (Å²) in [5.41, 5.74) is 0.737. The fraction of sp³-hybridized carbons (Fsp3) is 0.333. The van der Waals surface area contributed by atoms with E-state index in [4.69, 9.17) is 0 Å². The molecule has 1 aliphatic rings. The maximum atomic E-state index is 12.7. The Kier molecular flexibility index (Phi) is 4.94. The summed E-state index contributed by atoms with van der Waals surface area (Å²) in [5, 5.41) is 5.78. The minimum absolute atomic E-state index is 0.175. The molecule has 1 saturated heterocycles. The van der Waals surface area contributed by atoms with Crippen LogP contribution in [0.25, 0.3) is 9.88 Å². The highest BCUT2D eigenvalue weighted by atomic mass is 32.1. The molecule has 3 aromatic heterocycles. The van der Waals surface area contributed by atoms with Crippen LogP contribution in [-0.2, 0) is 0 Å². The highest BCUT2D eigenvalue weighted by molar-refractivity contribution is 7.22. The Morgan fingerprint density at radius 1 is 1.23 bits per heavy atom. The van der Waals surface area contributed by atoms with Gasteiger partial charge in [0.25, 0.3) is 5.91 Å². The van der Waals surface area contributed by atoms with Crippen molar-refractivity contribution in [3.63, 3.8) is 0 Å². The van der Waals surface area contributed by atoms with Crippen molar-refractivity contribution in [1.29, 1.82) is 0 Å². The number of amides is 1. The van der Waals surface area contributed by atoms with Crippen LogP contribution in [-0.4, -0.2) is 33.9 Å². The van der Waals surface area contributed by atoms with Gasteiger partial charge >= 0.3 is 0 Å². The normalized spacial score (nSPS) is 14.4. The van der Waals surface area contributed by atoms with E-state index < -0.39 is 0 Å². The van der Waals surface area contributed by atoms with Gasteiger partial charge in [0.2, 0.25) is 0 Å². The first-order valence-electron chi connectivity index (χ1n) is 8.60. The number of aromatic nitrogens is 3. The number of hydrogen-bond donors (Lipinski definition) is 1. The predicted octanol–water partition coefficient (Wildman–Crippen LogP) is 4.21. The first kappa shape index (κ1) is 17.1. The van der Waals surface area contributed by atoms with Crippen molar-refractivity contribution in [2.24, 2.45) is 0 Å². The maximum absolute atomic E-state index is 12.7. The Morgan fingerprint density at radius 2 is 2.08 bits per heavy atom. The van der Waals surface area contributed by atoms with E-state index in [0.29, 0.717) is 10.7 Å². The van der Waals surface area contributed by atoms with Crippen molar-refractivity contribution in [3.05, 3.63) is 40.5 Å². The quantitative estimate of drug-likeness (QED) is 0.728. The zero-order chi connectivity index (χ0) is 17.9. The molecule has 4 rings (SSSR count). The van der Waals surface area contributed by atoms with Gasteiger partial charge in [-0.3, -0.25) is 4.79 Å². The lowest BCUT2D eigenvalue weighted by Crippen LogP contribution is -2.30. The highest BCUT2D eigenvalue weighted by Gasteiger charge is 2.18. The molecule has 0 unspecified atom stereocenters. The fourth-order valence-electron chi connectivity index (χ4n) is 3.00. The van der Waals surface area contributed by atoms with Crippen molar-refractivity contribution >= 4 is 40.2 Å². The molecule has 0 aromatic carbocycles. The van der Waals surface area contributed by atoms with Gasteiger partial charge in [-0.05, 0) is 37.6 Å². The summed E-state index contributed by atoms with van der Waals surface area (Å²) >= 11 is 3.03. The molecule has 8 heteroatoms. The van der Waals surface area contributed by atoms with Gasteiger partial charge < -0.3 is 10.2 Å². The van der Waals surface area contributed by atoms with Gasteiger partial charge in [-0.2, -0.15) is 0 Å². The largest absolute Gasteiger partial charge is 0.356 e. The molecule has 0 saturated carbocycles. The number of carbonyl (C=O) groups is 1. The molecule has 0 bridgehead atoms. The summed E-state index contributed by atoms with van der Waals surface area (Å²) in [5.74, 6) is 1.22.